The molecule has 0 spiro atoms. The molecule has 2 N–H and O–H groups in total. The van der Waals surface area contributed by atoms with Crippen LogP contribution >= 0.6 is 0 Å². The Morgan fingerprint density at radius 2 is 2.05 bits per heavy atom. The molecule has 1 aromatic carbocycles. The summed E-state index contributed by atoms with van der Waals surface area (Å²) in [4.78, 5) is 24.6. The lowest BCUT2D eigenvalue weighted by Gasteiger charge is -2.27. The molecule has 6 nitrogen and oxygen atoms in total. The molecule has 1 unspecified atom stereocenters. The highest BCUT2D eigenvalue weighted by atomic mass is 16.5. The van der Waals surface area contributed by atoms with Crippen molar-refractivity contribution < 1.29 is 24.5 Å². The van der Waals surface area contributed by atoms with Crippen LogP contribution in [0.25, 0.3) is 0 Å². The SMILES string of the molecule is CCOC(=O)CCN(CC)C(C(=O)O)c1cccc(O)c1. The van der Waals surface area contributed by atoms with Crippen molar-refractivity contribution in [2.75, 3.05) is 19.7 Å². The normalized spacial score (nSPS) is 12.1. The van der Waals surface area contributed by atoms with Crippen molar-refractivity contribution in [3.63, 3.8) is 0 Å². The van der Waals surface area contributed by atoms with Crippen LogP contribution in [0.15, 0.2) is 24.3 Å². The van der Waals surface area contributed by atoms with Crippen molar-refractivity contribution in [3.8, 4) is 5.75 Å². The minimum Gasteiger partial charge on any atom is -0.508 e. The average Bonchev–Trinajstić information content (AvgIpc) is 2.43. The fraction of sp³-hybridized carbons (Fsp3) is 0.467. The predicted octanol–water partition coefficient (Wildman–Crippen LogP) is 1.79. The highest BCUT2D eigenvalue weighted by Gasteiger charge is 2.27. The Morgan fingerprint density at radius 1 is 1.33 bits per heavy atom. The van der Waals surface area contributed by atoms with E-state index in [0.29, 0.717) is 18.7 Å². The summed E-state index contributed by atoms with van der Waals surface area (Å²) >= 11 is 0. The quantitative estimate of drug-likeness (QED) is 0.711. The Bertz CT molecular complexity index is 489. The first-order valence-electron chi connectivity index (χ1n) is 6.91. The molecule has 0 aromatic heterocycles. The Hall–Kier alpha value is -2.08. The lowest BCUT2D eigenvalue weighted by molar-refractivity contribution is -0.147. The van der Waals surface area contributed by atoms with Gasteiger partial charge in [-0.3, -0.25) is 14.5 Å². The second-order valence-corrected chi connectivity index (χ2v) is 4.52. The van der Waals surface area contributed by atoms with E-state index in [1.807, 2.05) is 6.92 Å². The molecule has 0 aliphatic heterocycles. The molecule has 0 bridgehead atoms. The standard InChI is InChI=1S/C15H21NO5/c1-3-16(9-8-13(18)21-4-2)14(15(19)20)11-6-5-7-12(17)10-11/h5-7,10,14,17H,3-4,8-9H2,1-2H3,(H,19,20). The van der Waals surface area contributed by atoms with Gasteiger partial charge in [0.15, 0.2) is 0 Å². The molecule has 0 radical (unpaired) electrons. The van der Waals surface area contributed by atoms with E-state index < -0.39 is 12.0 Å². The van der Waals surface area contributed by atoms with Gasteiger partial charge in [-0.2, -0.15) is 0 Å². The van der Waals surface area contributed by atoms with E-state index in [4.69, 9.17) is 4.74 Å². The fourth-order valence-electron chi connectivity index (χ4n) is 2.14. The van der Waals surface area contributed by atoms with Crippen LogP contribution < -0.4 is 0 Å². The van der Waals surface area contributed by atoms with Gasteiger partial charge >= 0.3 is 11.9 Å². The van der Waals surface area contributed by atoms with E-state index in [9.17, 15) is 19.8 Å². The number of hydrogen-bond donors (Lipinski definition) is 2. The molecule has 0 saturated carbocycles. The zero-order chi connectivity index (χ0) is 15.8. The molecule has 0 aliphatic rings. The fourth-order valence-corrected chi connectivity index (χ4v) is 2.14. The van der Waals surface area contributed by atoms with Gasteiger partial charge in [-0.15, -0.1) is 0 Å². The van der Waals surface area contributed by atoms with Crippen molar-refractivity contribution >= 4 is 11.9 Å². The number of nitrogens with zero attached hydrogens (tertiary/aromatic N) is 1. The van der Waals surface area contributed by atoms with Gasteiger partial charge in [0, 0.05) is 6.54 Å². The number of ether oxygens (including phenoxy) is 1. The van der Waals surface area contributed by atoms with Gasteiger partial charge in [-0.05, 0) is 31.2 Å². The average molecular weight is 295 g/mol. The zero-order valence-corrected chi connectivity index (χ0v) is 12.3. The molecule has 0 aliphatic carbocycles. The van der Waals surface area contributed by atoms with Crippen molar-refractivity contribution in [3.05, 3.63) is 29.8 Å². The van der Waals surface area contributed by atoms with Crippen LogP contribution in [0, 0.1) is 0 Å². The van der Waals surface area contributed by atoms with Crippen LogP contribution in [-0.2, 0) is 14.3 Å². The summed E-state index contributed by atoms with van der Waals surface area (Å²) in [7, 11) is 0. The molecule has 116 valence electrons. The minimum atomic E-state index is -1.02. The maximum absolute atomic E-state index is 11.5. The van der Waals surface area contributed by atoms with Gasteiger partial charge in [-0.1, -0.05) is 19.1 Å². The Balaban J connectivity index is 2.86. The lowest BCUT2D eigenvalue weighted by atomic mass is 10.0. The number of carboxylic acid groups (broad SMARTS) is 1. The van der Waals surface area contributed by atoms with Crippen LogP contribution in [0.2, 0.25) is 0 Å². The molecule has 0 heterocycles. The molecule has 0 saturated heterocycles. The van der Waals surface area contributed by atoms with Gasteiger partial charge < -0.3 is 14.9 Å². The Labute approximate surface area is 124 Å². The van der Waals surface area contributed by atoms with Crippen molar-refractivity contribution in [1.29, 1.82) is 0 Å². The third-order valence-electron chi connectivity index (χ3n) is 3.10. The first-order chi connectivity index (χ1) is 9.99. The van der Waals surface area contributed by atoms with E-state index in [1.165, 1.54) is 12.1 Å². The van der Waals surface area contributed by atoms with Crippen molar-refractivity contribution in [2.24, 2.45) is 0 Å². The number of benzene rings is 1. The molecule has 1 atom stereocenters. The van der Waals surface area contributed by atoms with E-state index in [1.54, 1.807) is 24.0 Å². The van der Waals surface area contributed by atoms with Crippen LogP contribution in [0.5, 0.6) is 5.75 Å². The topological polar surface area (TPSA) is 87.1 Å². The third-order valence-corrected chi connectivity index (χ3v) is 3.10. The second-order valence-electron chi connectivity index (χ2n) is 4.52. The number of carbonyl (C=O) groups excluding carboxylic acids is 1. The molecule has 21 heavy (non-hydrogen) atoms. The highest BCUT2D eigenvalue weighted by Crippen LogP contribution is 2.24. The van der Waals surface area contributed by atoms with Crippen LogP contribution in [0.3, 0.4) is 0 Å². The molecular weight excluding hydrogens is 274 g/mol. The molecule has 6 heteroatoms. The largest absolute Gasteiger partial charge is 0.508 e. The second kappa shape index (κ2) is 8.26. The smallest absolute Gasteiger partial charge is 0.325 e. The summed E-state index contributed by atoms with van der Waals surface area (Å²) in [6.45, 7) is 4.60. The van der Waals surface area contributed by atoms with Gasteiger partial charge in [-0.25, -0.2) is 0 Å². The Morgan fingerprint density at radius 3 is 2.57 bits per heavy atom. The van der Waals surface area contributed by atoms with Gasteiger partial charge in [0.05, 0.1) is 13.0 Å². The maximum Gasteiger partial charge on any atom is 0.325 e. The van der Waals surface area contributed by atoms with Gasteiger partial charge in [0.1, 0.15) is 11.8 Å². The molecule has 1 aromatic rings. The molecule has 0 fully saturated rings. The van der Waals surface area contributed by atoms with Crippen LogP contribution in [-0.4, -0.2) is 46.7 Å². The predicted molar refractivity (Wildman–Crippen MR) is 77.0 cm³/mol. The number of carboxylic acids is 1. The van der Waals surface area contributed by atoms with Crippen molar-refractivity contribution in [2.45, 2.75) is 26.3 Å². The number of rotatable bonds is 8. The molecule has 0 amide bonds. The van der Waals surface area contributed by atoms with E-state index in [2.05, 4.69) is 0 Å². The summed E-state index contributed by atoms with van der Waals surface area (Å²) in [6, 6.07) is 5.24. The van der Waals surface area contributed by atoms with Crippen LogP contribution in [0.4, 0.5) is 0 Å². The first-order valence-corrected chi connectivity index (χ1v) is 6.91. The van der Waals surface area contributed by atoms with E-state index in [0.717, 1.165) is 0 Å². The number of phenolic OH excluding ortho intramolecular Hbond substituents is 1. The minimum absolute atomic E-state index is 0.0141. The monoisotopic (exact) mass is 295 g/mol. The number of esters is 1. The van der Waals surface area contributed by atoms with Gasteiger partial charge in [0.25, 0.3) is 0 Å². The van der Waals surface area contributed by atoms with E-state index in [-0.39, 0.29) is 24.7 Å². The summed E-state index contributed by atoms with van der Waals surface area (Å²) in [6.07, 6.45) is 0.129. The number of likely N-dealkylation sites (N-methyl/N-ethyl adjacent to an activating group) is 1. The van der Waals surface area contributed by atoms with Gasteiger partial charge in [0.2, 0.25) is 0 Å². The molecule has 1 rings (SSSR count). The highest BCUT2D eigenvalue weighted by molar-refractivity contribution is 5.76. The summed E-state index contributed by atoms with van der Waals surface area (Å²) < 4.78 is 4.85. The molecular formula is C15H21NO5. The zero-order valence-electron chi connectivity index (χ0n) is 12.3. The maximum atomic E-state index is 11.5. The Kier molecular flexibility index (Phi) is 6.68. The van der Waals surface area contributed by atoms with E-state index >= 15 is 0 Å². The third kappa shape index (κ3) is 5.07. The number of aliphatic carboxylic acids is 1. The lowest BCUT2D eigenvalue weighted by Crippen LogP contribution is -2.35. The summed E-state index contributed by atoms with van der Waals surface area (Å²) in [5.74, 6) is -1.36. The number of carbonyl (C=O) groups is 2. The number of phenols is 1. The number of aromatic hydroxyl groups is 1. The first kappa shape index (κ1) is 17.0. The summed E-state index contributed by atoms with van der Waals surface area (Å²) in [5.41, 5.74) is 0.480. The summed E-state index contributed by atoms with van der Waals surface area (Å²) in [5, 5.41) is 18.9. The van der Waals surface area contributed by atoms with Crippen LogP contribution in [0.1, 0.15) is 31.9 Å². The van der Waals surface area contributed by atoms with Crippen molar-refractivity contribution in [1.82, 2.24) is 4.90 Å². The number of hydrogen-bond acceptors (Lipinski definition) is 5.